The predicted molar refractivity (Wildman–Crippen MR) is 245 cm³/mol. The summed E-state index contributed by atoms with van der Waals surface area (Å²) in [5.41, 5.74) is 16.9. The monoisotopic (exact) mass is 770 g/mol. The van der Waals surface area contributed by atoms with Gasteiger partial charge in [0.05, 0.1) is 10.8 Å². The molecule has 8 aromatic rings. The van der Waals surface area contributed by atoms with Crippen molar-refractivity contribution in [2.45, 2.75) is 17.3 Å². The first-order valence-corrected chi connectivity index (χ1v) is 22.2. The van der Waals surface area contributed by atoms with Gasteiger partial charge in [-0.25, -0.2) is 0 Å². The maximum Gasteiger partial charge on any atom is 0.171 e. The van der Waals surface area contributed by atoms with Gasteiger partial charge in [-0.05, 0) is 102 Å². The molecule has 0 fully saturated rings. The van der Waals surface area contributed by atoms with Crippen molar-refractivity contribution in [3.63, 3.8) is 0 Å². The van der Waals surface area contributed by atoms with E-state index in [2.05, 4.69) is 194 Å². The van der Waals surface area contributed by atoms with Gasteiger partial charge in [-0.1, -0.05) is 207 Å². The Kier molecular flexibility index (Phi) is 7.32. The molecule has 2 atom stereocenters. The van der Waals surface area contributed by atoms with E-state index in [1.165, 1.54) is 66.8 Å². The van der Waals surface area contributed by atoms with E-state index >= 15 is 4.57 Å². The van der Waals surface area contributed by atoms with Gasteiger partial charge in [0.2, 0.25) is 0 Å². The summed E-state index contributed by atoms with van der Waals surface area (Å²) >= 11 is 0. The average Bonchev–Trinajstić information content (AvgIpc) is 3.90. The van der Waals surface area contributed by atoms with Crippen LogP contribution < -0.4 is 15.9 Å². The van der Waals surface area contributed by atoms with E-state index in [1.807, 2.05) is 18.2 Å². The molecule has 4 aliphatic carbocycles. The maximum atomic E-state index is 17.0. The lowest BCUT2D eigenvalue weighted by molar-refractivity contribution is 0.592. The second-order valence-electron chi connectivity index (χ2n) is 16.3. The normalized spacial score (nSPS) is 19.2. The molecule has 0 heterocycles. The molecule has 4 aliphatic rings. The lowest BCUT2D eigenvalue weighted by Gasteiger charge is -2.36. The molecule has 0 saturated carbocycles. The molecule has 8 aromatic carbocycles. The highest BCUT2D eigenvalue weighted by atomic mass is 31.2. The zero-order chi connectivity index (χ0) is 39.3. The Bertz CT molecular complexity index is 3140. The van der Waals surface area contributed by atoms with Crippen LogP contribution in [0.4, 0.5) is 0 Å². The zero-order valence-corrected chi connectivity index (χ0v) is 33.4. The SMILES string of the molecule is C=C1/C=C\C=C/Cc2ccccc2C12c1ccccc1-c1ccc(P(=O)(c3ccccc3)c3ccc4c(c3)C3(c5ccccc5-c5ccccc53)c3ccccc3-4)cc12. The summed E-state index contributed by atoms with van der Waals surface area (Å²) in [7, 11) is -3.52. The lowest BCUT2D eigenvalue weighted by atomic mass is 9.66. The van der Waals surface area contributed by atoms with Gasteiger partial charge >= 0.3 is 0 Å². The van der Waals surface area contributed by atoms with E-state index in [4.69, 9.17) is 6.58 Å². The van der Waals surface area contributed by atoms with Crippen LogP contribution in [0.25, 0.3) is 33.4 Å². The molecular weight excluding hydrogens is 732 g/mol. The molecule has 0 aliphatic heterocycles. The second-order valence-corrected chi connectivity index (χ2v) is 19.0. The highest BCUT2D eigenvalue weighted by Crippen LogP contribution is 2.63. The van der Waals surface area contributed by atoms with Crippen LogP contribution >= 0.6 is 7.14 Å². The fraction of sp³-hybridized carbons (Fsp3) is 0.0526. The van der Waals surface area contributed by atoms with Crippen molar-refractivity contribution in [1.82, 2.24) is 0 Å². The summed E-state index contributed by atoms with van der Waals surface area (Å²) in [6.07, 6.45) is 9.45. The van der Waals surface area contributed by atoms with Crippen LogP contribution in [-0.2, 0) is 21.8 Å². The number of allylic oxidation sites excluding steroid dienone is 5. The van der Waals surface area contributed by atoms with Crippen molar-refractivity contribution in [2.75, 3.05) is 0 Å². The van der Waals surface area contributed by atoms with Gasteiger partial charge in [0.25, 0.3) is 0 Å². The summed E-state index contributed by atoms with van der Waals surface area (Å²) in [5.74, 6) is 0. The third kappa shape index (κ3) is 4.38. The Morgan fingerprint density at radius 1 is 0.390 bits per heavy atom. The standard InChI is InChI=1S/C57H39OP/c1-38-18-4-2-5-19-39-20-8-13-27-49(39)56(38)50-28-14-9-25-45(50)47-34-32-41(36-54(47)56)59(58,40-21-6-3-7-22-40)42-33-35-48-46-26-12-17-31-53(46)57(55(48)37-42)51-29-15-10-23-43(51)44-24-11-16-30-52(44)57/h2-18,20-37H,1,19H2/b5-2-,18-4-. The molecule has 2 heteroatoms. The first kappa shape index (κ1) is 34.3. The molecule has 0 N–H and O–H groups in total. The summed E-state index contributed by atoms with van der Waals surface area (Å²) in [6, 6.07) is 67.7. The molecular formula is C57H39OP. The molecule has 278 valence electrons. The number of fused-ring (bicyclic) bond motifs is 17. The van der Waals surface area contributed by atoms with E-state index in [0.717, 1.165) is 39.0 Å². The minimum absolute atomic E-state index is 0.542. The third-order valence-corrected chi connectivity index (χ3v) is 16.7. The molecule has 12 rings (SSSR count). The van der Waals surface area contributed by atoms with E-state index < -0.39 is 18.0 Å². The van der Waals surface area contributed by atoms with Crippen molar-refractivity contribution in [3.8, 4) is 33.4 Å². The Labute approximate surface area is 345 Å². The van der Waals surface area contributed by atoms with Gasteiger partial charge in [0, 0.05) is 15.9 Å². The zero-order valence-electron chi connectivity index (χ0n) is 32.5. The number of hydrogen-bond donors (Lipinski definition) is 0. The Morgan fingerprint density at radius 3 is 1.36 bits per heavy atom. The largest absolute Gasteiger partial charge is 0.309 e. The minimum Gasteiger partial charge on any atom is -0.309 e. The van der Waals surface area contributed by atoms with E-state index in [1.54, 1.807) is 0 Å². The van der Waals surface area contributed by atoms with Crippen LogP contribution in [0.15, 0.2) is 225 Å². The number of rotatable bonds is 3. The molecule has 0 amide bonds. The van der Waals surface area contributed by atoms with Crippen LogP contribution in [0.3, 0.4) is 0 Å². The highest BCUT2D eigenvalue weighted by molar-refractivity contribution is 7.85. The van der Waals surface area contributed by atoms with E-state index in [-0.39, 0.29) is 0 Å². The Hall–Kier alpha value is -6.79. The maximum absolute atomic E-state index is 17.0. The first-order chi connectivity index (χ1) is 29.1. The summed E-state index contributed by atoms with van der Waals surface area (Å²) in [4.78, 5) is 0. The van der Waals surface area contributed by atoms with Gasteiger partial charge in [-0.2, -0.15) is 0 Å². The summed E-state index contributed by atoms with van der Waals surface area (Å²) in [6.45, 7) is 4.84. The number of hydrogen-bond acceptors (Lipinski definition) is 1. The van der Waals surface area contributed by atoms with E-state index in [9.17, 15) is 0 Å². The quantitative estimate of drug-likeness (QED) is 0.164. The fourth-order valence-electron chi connectivity index (χ4n) is 11.3. The van der Waals surface area contributed by atoms with Crippen molar-refractivity contribution in [3.05, 3.63) is 269 Å². The number of benzene rings is 8. The molecule has 2 spiro atoms. The molecule has 0 aromatic heterocycles. The smallest absolute Gasteiger partial charge is 0.171 e. The second kappa shape index (κ2) is 12.6. The van der Waals surface area contributed by atoms with Gasteiger partial charge < -0.3 is 4.57 Å². The molecule has 1 nitrogen and oxygen atoms in total. The molecule has 0 bridgehead atoms. The van der Waals surface area contributed by atoms with Crippen LogP contribution in [-0.4, -0.2) is 0 Å². The van der Waals surface area contributed by atoms with Gasteiger partial charge in [0.15, 0.2) is 7.14 Å². The topological polar surface area (TPSA) is 17.1 Å². The lowest BCUT2D eigenvalue weighted by Crippen LogP contribution is -2.32. The first-order valence-electron chi connectivity index (χ1n) is 20.5. The average molecular weight is 771 g/mol. The fourth-order valence-corrected chi connectivity index (χ4v) is 13.9. The minimum atomic E-state index is -3.52. The molecule has 0 radical (unpaired) electrons. The van der Waals surface area contributed by atoms with Gasteiger partial charge in [-0.15, -0.1) is 0 Å². The van der Waals surface area contributed by atoms with E-state index in [0.29, 0.717) is 0 Å². The van der Waals surface area contributed by atoms with Gasteiger partial charge in [0.1, 0.15) is 0 Å². The van der Waals surface area contributed by atoms with Crippen molar-refractivity contribution < 1.29 is 4.57 Å². The highest BCUT2D eigenvalue weighted by Gasteiger charge is 2.52. The van der Waals surface area contributed by atoms with Crippen molar-refractivity contribution in [2.24, 2.45) is 0 Å². The molecule has 2 unspecified atom stereocenters. The Morgan fingerprint density at radius 2 is 0.814 bits per heavy atom. The Balaban J connectivity index is 1.15. The van der Waals surface area contributed by atoms with Crippen LogP contribution in [0.5, 0.6) is 0 Å². The third-order valence-electron chi connectivity index (χ3n) is 13.6. The van der Waals surface area contributed by atoms with Crippen LogP contribution in [0.2, 0.25) is 0 Å². The predicted octanol–water partition coefficient (Wildman–Crippen LogP) is 12.2. The van der Waals surface area contributed by atoms with Gasteiger partial charge in [-0.3, -0.25) is 0 Å². The summed E-state index contributed by atoms with van der Waals surface area (Å²) in [5, 5.41) is 2.47. The van der Waals surface area contributed by atoms with Crippen LogP contribution in [0, 0.1) is 0 Å². The summed E-state index contributed by atoms with van der Waals surface area (Å²) < 4.78 is 17.0. The molecule has 59 heavy (non-hydrogen) atoms. The van der Waals surface area contributed by atoms with Crippen molar-refractivity contribution in [1.29, 1.82) is 0 Å². The molecule has 0 saturated heterocycles. The van der Waals surface area contributed by atoms with Crippen LogP contribution in [0.1, 0.15) is 44.5 Å². The van der Waals surface area contributed by atoms with Crippen molar-refractivity contribution >= 4 is 23.1 Å².